The Morgan fingerprint density at radius 1 is 1.27 bits per heavy atom. The number of hydrogen-bond acceptors (Lipinski definition) is 3. The molecule has 3 rings (SSSR count). The number of pyridine rings is 1. The van der Waals surface area contributed by atoms with E-state index in [0.29, 0.717) is 10.9 Å². The minimum atomic E-state index is -0.475. The summed E-state index contributed by atoms with van der Waals surface area (Å²) >= 11 is 0. The number of aromatic nitrogens is 1. The van der Waals surface area contributed by atoms with Crippen LogP contribution in [0, 0.1) is 12.7 Å². The van der Waals surface area contributed by atoms with E-state index in [1.54, 1.807) is 25.3 Å². The van der Waals surface area contributed by atoms with Crippen molar-refractivity contribution in [2.75, 3.05) is 0 Å². The van der Waals surface area contributed by atoms with Crippen LogP contribution in [0.25, 0.3) is 11.0 Å². The van der Waals surface area contributed by atoms with Crippen LogP contribution in [0.1, 0.15) is 34.8 Å². The van der Waals surface area contributed by atoms with Crippen molar-refractivity contribution in [1.29, 1.82) is 0 Å². The van der Waals surface area contributed by atoms with Gasteiger partial charge in [0.1, 0.15) is 0 Å². The van der Waals surface area contributed by atoms with Crippen molar-refractivity contribution in [2.24, 2.45) is 0 Å². The summed E-state index contributed by atoms with van der Waals surface area (Å²) < 4.78 is 19.2. The molecule has 5 heteroatoms. The Morgan fingerprint density at radius 3 is 2.77 bits per heavy atom. The van der Waals surface area contributed by atoms with E-state index < -0.39 is 5.82 Å². The molecular weight excluding hydrogens is 283 g/mol. The summed E-state index contributed by atoms with van der Waals surface area (Å²) in [5.41, 5.74) is 1.48. The number of aryl methyl sites for hydroxylation is 1. The maximum atomic E-state index is 13.7. The summed E-state index contributed by atoms with van der Waals surface area (Å²) in [5.74, 6) is -0.730. The largest absolute Gasteiger partial charge is 0.448 e. The lowest BCUT2D eigenvalue weighted by molar-refractivity contribution is 0.0912. The Kier molecular flexibility index (Phi) is 3.63. The summed E-state index contributed by atoms with van der Waals surface area (Å²) in [6.07, 6.45) is 1.67. The number of halogens is 1. The standard InChI is InChI=1S/C17H15FN2O2/c1-10-12-6-5-7-13(18)16(12)22-15(10)17(21)20-11(2)14-8-3-4-9-19-14/h3-9,11H,1-2H3,(H,20,21). The highest BCUT2D eigenvalue weighted by atomic mass is 19.1. The van der Waals surface area contributed by atoms with Crippen molar-refractivity contribution in [3.8, 4) is 0 Å². The highest BCUT2D eigenvalue weighted by Gasteiger charge is 2.21. The number of fused-ring (bicyclic) bond motifs is 1. The van der Waals surface area contributed by atoms with Crippen molar-refractivity contribution >= 4 is 16.9 Å². The molecule has 112 valence electrons. The fraction of sp³-hybridized carbons (Fsp3) is 0.176. The van der Waals surface area contributed by atoms with Gasteiger partial charge < -0.3 is 9.73 Å². The van der Waals surface area contributed by atoms with Crippen LogP contribution in [-0.2, 0) is 0 Å². The third-order valence-corrected chi connectivity index (χ3v) is 3.60. The van der Waals surface area contributed by atoms with Crippen LogP contribution in [-0.4, -0.2) is 10.9 Å². The molecule has 0 saturated carbocycles. The topological polar surface area (TPSA) is 55.1 Å². The molecule has 1 atom stereocenters. The van der Waals surface area contributed by atoms with Crippen LogP contribution in [0.5, 0.6) is 0 Å². The van der Waals surface area contributed by atoms with Crippen LogP contribution >= 0.6 is 0 Å². The van der Waals surface area contributed by atoms with Gasteiger partial charge in [0.15, 0.2) is 17.2 Å². The number of para-hydroxylation sites is 1. The van der Waals surface area contributed by atoms with Gasteiger partial charge in [0, 0.05) is 17.1 Å². The second-order valence-electron chi connectivity index (χ2n) is 5.12. The Bertz CT molecular complexity index is 827. The fourth-order valence-corrected chi connectivity index (χ4v) is 2.39. The van der Waals surface area contributed by atoms with Gasteiger partial charge in [-0.15, -0.1) is 0 Å². The second-order valence-corrected chi connectivity index (χ2v) is 5.12. The molecular formula is C17H15FN2O2. The first-order chi connectivity index (χ1) is 10.6. The molecule has 1 N–H and O–H groups in total. The molecule has 0 radical (unpaired) electrons. The van der Waals surface area contributed by atoms with Gasteiger partial charge in [-0.3, -0.25) is 9.78 Å². The first-order valence-electron chi connectivity index (χ1n) is 6.97. The van der Waals surface area contributed by atoms with Gasteiger partial charge in [0.25, 0.3) is 5.91 Å². The zero-order valence-electron chi connectivity index (χ0n) is 12.3. The minimum Gasteiger partial charge on any atom is -0.448 e. The first kappa shape index (κ1) is 14.3. The SMILES string of the molecule is Cc1c(C(=O)NC(C)c2ccccn2)oc2c(F)cccc12. The molecule has 0 aliphatic rings. The summed E-state index contributed by atoms with van der Waals surface area (Å²) in [6.45, 7) is 3.57. The summed E-state index contributed by atoms with van der Waals surface area (Å²) in [5, 5.41) is 3.42. The van der Waals surface area contributed by atoms with E-state index in [9.17, 15) is 9.18 Å². The molecule has 0 aliphatic carbocycles. The van der Waals surface area contributed by atoms with Crippen LogP contribution in [0.4, 0.5) is 4.39 Å². The fourth-order valence-electron chi connectivity index (χ4n) is 2.39. The van der Waals surface area contributed by atoms with Gasteiger partial charge in [-0.2, -0.15) is 0 Å². The van der Waals surface area contributed by atoms with E-state index in [-0.39, 0.29) is 23.3 Å². The molecule has 1 aromatic carbocycles. The zero-order valence-corrected chi connectivity index (χ0v) is 12.3. The van der Waals surface area contributed by atoms with Crippen molar-refractivity contribution in [3.05, 3.63) is 65.4 Å². The van der Waals surface area contributed by atoms with Crippen molar-refractivity contribution in [3.63, 3.8) is 0 Å². The van der Waals surface area contributed by atoms with Crippen molar-refractivity contribution < 1.29 is 13.6 Å². The second kappa shape index (κ2) is 5.60. The molecule has 4 nitrogen and oxygen atoms in total. The molecule has 0 fully saturated rings. The number of hydrogen-bond donors (Lipinski definition) is 1. The smallest absolute Gasteiger partial charge is 0.287 e. The summed E-state index contributed by atoms with van der Waals surface area (Å²) in [6, 6.07) is 9.86. The van der Waals surface area contributed by atoms with Crippen LogP contribution in [0.15, 0.2) is 47.0 Å². The molecule has 22 heavy (non-hydrogen) atoms. The molecule has 2 aromatic heterocycles. The molecule has 0 saturated heterocycles. The van der Waals surface area contributed by atoms with Gasteiger partial charge >= 0.3 is 0 Å². The van der Waals surface area contributed by atoms with Crippen molar-refractivity contribution in [2.45, 2.75) is 19.9 Å². The van der Waals surface area contributed by atoms with E-state index in [1.165, 1.54) is 6.07 Å². The van der Waals surface area contributed by atoms with E-state index >= 15 is 0 Å². The molecule has 0 bridgehead atoms. The maximum Gasteiger partial charge on any atom is 0.287 e. The summed E-state index contributed by atoms with van der Waals surface area (Å²) in [7, 11) is 0. The first-order valence-corrected chi connectivity index (χ1v) is 6.97. The Morgan fingerprint density at radius 2 is 2.09 bits per heavy atom. The highest BCUT2D eigenvalue weighted by Crippen LogP contribution is 2.27. The van der Waals surface area contributed by atoms with E-state index in [2.05, 4.69) is 10.3 Å². The number of nitrogens with one attached hydrogen (secondary N) is 1. The molecule has 2 heterocycles. The Hall–Kier alpha value is -2.69. The number of benzene rings is 1. The predicted octanol–water partition coefficient (Wildman–Crippen LogP) is 3.77. The van der Waals surface area contributed by atoms with Crippen LogP contribution in [0.2, 0.25) is 0 Å². The predicted molar refractivity (Wildman–Crippen MR) is 81.0 cm³/mol. The maximum absolute atomic E-state index is 13.7. The third-order valence-electron chi connectivity index (χ3n) is 3.60. The average molecular weight is 298 g/mol. The lowest BCUT2D eigenvalue weighted by Gasteiger charge is -2.12. The average Bonchev–Trinajstić information content (AvgIpc) is 2.87. The number of rotatable bonds is 3. The van der Waals surface area contributed by atoms with Gasteiger partial charge in [-0.25, -0.2) is 4.39 Å². The monoisotopic (exact) mass is 298 g/mol. The van der Waals surface area contributed by atoms with E-state index in [4.69, 9.17) is 4.42 Å². The molecule has 0 spiro atoms. The Balaban J connectivity index is 1.90. The third kappa shape index (κ3) is 2.45. The molecule has 0 aliphatic heterocycles. The molecule has 1 amide bonds. The highest BCUT2D eigenvalue weighted by molar-refractivity contribution is 5.99. The minimum absolute atomic E-state index is 0.107. The lowest BCUT2D eigenvalue weighted by atomic mass is 10.1. The van der Waals surface area contributed by atoms with E-state index in [0.717, 1.165) is 5.69 Å². The van der Waals surface area contributed by atoms with Crippen molar-refractivity contribution in [1.82, 2.24) is 10.3 Å². The normalized spacial score (nSPS) is 12.3. The zero-order chi connectivity index (χ0) is 15.7. The Labute approximate surface area is 127 Å². The van der Waals surface area contributed by atoms with E-state index in [1.807, 2.05) is 25.1 Å². The quantitative estimate of drug-likeness (QED) is 0.801. The number of nitrogens with zero attached hydrogens (tertiary/aromatic N) is 1. The number of carbonyl (C=O) groups excluding carboxylic acids is 1. The van der Waals surface area contributed by atoms with Gasteiger partial charge in [-0.05, 0) is 32.0 Å². The number of furan rings is 1. The van der Waals surface area contributed by atoms with Crippen LogP contribution in [0.3, 0.4) is 0 Å². The lowest BCUT2D eigenvalue weighted by Crippen LogP contribution is -2.27. The van der Waals surface area contributed by atoms with Gasteiger partial charge in [0.05, 0.1) is 11.7 Å². The van der Waals surface area contributed by atoms with Gasteiger partial charge in [0.2, 0.25) is 0 Å². The molecule has 1 unspecified atom stereocenters. The molecule has 3 aromatic rings. The number of carbonyl (C=O) groups is 1. The van der Waals surface area contributed by atoms with Crippen LogP contribution < -0.4 is 5.32 Å². The van der Waals surface area contributed by atoms with Gasteiger partial charge in [-0.1, -0.05) is 18.2 Å². The number of amides is 1. The summed E-state index contributed by atoms with van der Waals surface area (Å²) in [4.78, 5) is 16.6.